The molecule has 3 heterocycles. The van der Waals surface area contributed by atoms with Crippen LogP contribution in [0.5, 0.6) is 0 Å². The summed E-state index contributed by atoms with van der Waals surface area (Å²) in [6, 6.07) is 3.83. The SMILES string of the molecule is CC[NH+]1CCN(c2nc(C)c3c(n2)C[C@@H](c2ccco2)CC3=O)CC1. The summed E-state index contributed by atoms with van der Waals surface area (Å²) in [5, 5.41) is 0. The normalized spacial score (nSPS) is 21.4. The standard InChI is InChI=1S/C19H24N4O2/c1-3-22-6-8-23(9-7-22)19-20-13(2)18-15(21-19)11-14(12-16(18)24)17-5-4-10-25-17/h4-5,10,14H,3,6-9,11-12H2,1-2H3/p+1/t14-/m1/s1. The Morgan fingerprint density at radius 2 is 2.08 bits per heavy atom. The summed E-state index contributed by atoms with van der Waals surface area (Å²) in [6.07, 6.45) is 2.88. The Labute approximate surface area is 147 Å². The zero-order valence-corrected chi connectivity index (χ0v) is 14.9. The van der Waals surface area contributed by atoms with Gasteiger partial charge in [0.15, 0.2) is 5.78 Å². The van der Waals surface area contributed by atoms with Gasteiger partial charge in [-0.2, -0.15) is 0 Å². The van der Waals surface area contributed by atoms with E-state index in [9.17, 15) is 4.79 Å². The highest BCUT2D eigenvalue weighted by Gasteiger charge is 2.32. The Balaban J connectivity index is 1.62. The van der Waals surface area contributed by atoms with Gasteiger partial charge in [0.2, 0.25) is 5.95 Å². The maximum atomic E-state index is 12.6. The first-order valence-electron chi connectivity index (χ1n) is 9.18. The molecule has 132 valence electrons. The molecule has 0 unspecified atom stereocenters. The molecule has 0 saturated carbocycles. The molecular formula is C19H25N4O2+. The van der Waals surface area contributed by atoms with E-state index < -0.39 is 0 Å². The van der Waals surface area contributed by atoms with Gasteiger partial charge in [0.1, 0.15) is 5.76 Å². The van der Waals surface area contributed by atoms with Gasteiger partial charge in [-0.3, -0.25) is 4.79 Å². The third-order valence-corrected chi connectivity index (χ3v) is 5.50. The zero-order chi connectivity index (χ0) is 17.4. The van der Waals surface area contributed by atoms with Crippen LogP contribution in [-0.2, 0) is 6.42 Å². The fraction of sp³-hybridized carbons (Fsp3) is 0.526. The second-order valence-electron chi connectivity index (χ2n) is 7.07. The number of nitrogens with zero attached hydrogens (tertiary/aromatic N) is 3. The number of anilines is 1. The van der Waals surface area contributed by atoms with Gasteiger partial charge in [-0.1, -0.05) is 0 Å². The molecule has 2 aromatic rings. The van der Waals surface area contributed by atoms with E-state index >= 15 is 0 Å². The number of likely N-dealkylation sites (N-methyl/N-ethyl adjacent to an activating group) is 1. The number of furan rings is 1. The quantitative estimate of drug-likeness (QED) is 0.903. The first kappa shape index (κ1) is 16.3. The largest absolute Gasteiger partial charge is 0.469 e. The lowest BCUT2D eigenvalue weighted by atomic mass is 9.84. The van der Waals surface area contributed by atoms with E-state index in [1.54, 1.807) is 11.2 Å². The van der Waals surface area contributed by atoms with Gasteiger partial charge >= 0.3 is 0 Å². The molecule has 4 rings (SSSR count). The van der Waals surface area contributed by atoms with E-state index in [4.69, 9.17) is 9.40 Å². The minimum atomic E-state index is 0.0820. The van der Waals surface area contributed by atoms with Gasteiger partial charge in [0.25, 0.3) is 0 Å². The number of ketones is 1. The molecule has 6 nitrogen and oxygen atoms in total. The van der Waals surface area contributed by atoms with Crippen molar-refractivity contribution in [3.05, 3.63) is 41.1 Å². The number of rotatable bonds is 3. The second kappa shape index (κ2) is 6.59. The zero-order valence-electron chi connectivity index (χ0n) is 14.9. The Morgan fingerprint density at radius 1 is 1.28 bits per heavy atom. The van der Waals surface area contributed by atoms with Crippen LogP contribution in [0.25, 0.3) is 0 Å². The number of quaternary nitrogens is 1. The molecule has 0 radical (unpaired) electrons. The minimum Gasteiger partial charge on any atom is -0.469 e. The second-order valence-corrected chi connectivity index (χ2v) is 7.07. The molecule has 25 heavy (non-hydrogen) atoms. The van der Waals surface area contributed by atoms with Gasteiger partial charge in [-0.05, 0) is 26.0 Å². The van der Waals surface area contributed by atoms with Crippen LogP contribution in [0.1, 0.15) is 46.8 Å². The minimum absolute atomic E-state index is 0.0820. The number of hydrogen-bond acceptors (Lipinski definition) is 5. The topological polar surface area (TPSA) is 63.7 Å². The molecule has 6 heteroatoms. The van der Waals surface area contributed by atoms with Crippen LogP contribution in [0.15, 0.2) is 22.8 Å². The third-order valence-electron chi connectivity index (χ3n) is 5.50. The molecule has 0 bridgehead atoms. The Morgan fingerprint density at radius 3 is 2.76 bits per heavy atom. The monoisotopic (exact) mass is 341 g/mol. The van der Waals surface area contributed by atoms with Crippen molar-refractivity contribution in [1.29, 1.82) is 0 Å². The van der Waals surface area contributed by atoms with Gasteiger partial charge in [-0.25, -0.2) is 9.97 Å². The molecule has 1 fully saturated rings. The lowest BCUT2D eigenvalue weighted by Crippen LogP contribution is -3.14. The number of aromatic nitrogens is 2. The summed E-state index contributed by atoms with van der Waals surface area (Å²) in [4.78, 5) is 26.0. The van der Waals surface area contributed by atoms with Crippen molar-refractivity contribution in [2.24, 2.45) is 0 Å². The average Bonchev–Trinajstić information content (AvgIpc) is 3.16. The van der Waals surface area contributed by atoms with Crippen LogP contribution >= 0.6 is 0 Å². The Bertz CT molecular complexity index is 764. The summed E-state index contributed by atoms with van der Waals surface area (Å²) >= 11 is 0. The van der Waals surface area contributed by atoms with Crippen LogP contribution in [0.3, 0.4) is 0 Å². The van der Waals surface area contributed by atoms with Crippen LogP contribution in [0.2, 0.25) is 0 Å². The number of hydrogen-bond donors (Lipinski definition) is 1. The lowest BCUT2D eigenvalue weighted by molar-refractivity contribution is -0.898. The van der Waals surface area contributed by atoms with Crippen LogP contribution in [0, 0.1) is 6.92 Å². The highest BCUT2D eigenvalue weighted by Crippen LogP contribution is 2.33. The average molecular weight is 341 g/mol. The summed E-state index contributed by atoms with van der Waals surface area (Å²) in [7, 11) is 0. The maximum Gasteiger partial charge on any atom is 0.226 e. The summed E-state index contributed by atoms with van der Waals surface area (Å²) in [5.41, 5.74) is 2.42. The molecule has 0 amide bonds. The fourth-order valence-electron chi connectivity index (χ4n) is 4.00. The number of carbonyl (C=O) groups excluding carboxylic acids is 1. The van der Waals surface area contributed by atoms with Gasteiger partial charge < -0.3 is 14.2 Å². The summed E-state index contributed by atoms with van der Waals surface area (Å²) in [5.74, 6) is 1.86. The van der Waals surface area contributed by atoms with Gasteiger partial charge in [-0.15, -0.1) is 0 Å². The van der Waals surface area contributed by atoms with Crippen molar-refractivity contribution < 1.29 is 14.1 Å². The molecule has 0 spiro atoms. The highest BCUT2D eigenvalue weighted by atomic mass is 16.3. The van der Waals surface area contributed by atoms with E-state index in [2.05, 4.69) is 16.8 Å². The molecule has 1 saturated heterocycles. The van der Waals surface area contributed by atoms with Gasteiger partial charge in [0.05, 0.1) is 55.9 Å². The fourth-order valence-corrected chi connectivity index (χ4v) is 4.00. The number of Topliss-reactive ketones (excluding diaryl/α,β-unsaturated/α-hetero) is 1. The first-order chi connectivity index (χ1) is 12.2. The Kier molecular flexibility index (Phi) is 4.29. The number of nitrogens with one attached hydrogen (secondary N) is 1. The van der Waals surface area contributed by atoms with Crippen LogP contribution in [-0.4, -0.2) is 48.5 Å². The smallest absolute Gasteiger partial charge is 0.226 e. The van der Waals surface area contributed by atoms with Crippen molar-refractivity contribution in [3.63, 3.8) is 0 Å². The van der Waals surface area contributed by atoms with Crippen molar-refractivity contribution in [2.45, 2.75) is 32.6 Å². The molecule has 0 aromatic carbocycles. The maximum absolute atomic E-state index is 12.6. The number of aryl methyl sites for hydroxylation is 1. The predicted molar refractivity (Wildman–Crippen MR) is 94.3 cm³/mol. The first-order valence-corrected chi connectivity index (χ1v) is 9.18. The van der Waals surface area contributed by atoms with Crippen LogP contribution < -0.4 is 9.80 Å². The van der Waals surface area contributed by atoms with Crippen LogP contribution in [0.4, 0.5) is 5.95 Å². The molecule has 1 N–H and O–H groups in total. The Hall–Kier alpha value is -2.21. The van der Waals surface area contributed by atoms with Crippen molar-refractivity contribution >= 4 is 11.7 Å². The molecular weight excluding hydrogens is 316 g/mol. The summed E-state index contributed by atoms with van der Waals surface area (Å²) < 4.78 is 5.53. The number of piperazine rings is 1. The van der Waals surface area contributed by atoms with E-state index in [1.807, 2.05) is 19.1 Å². The molecule has 2 aromatic heterocycles. The number of fused-ring (bicyclic) bond motifs is 1. The molecule has 1 aliphatic heterocycles. The van der Waals surface area contributed by atoms with E-state index in [0.717, 1.165) is 67.8 Å². The van der Waals surface area contributed by atoms with Crippen molar-refractivity contribution in [1.82, 2.24) is 9.97 Å². The van der Waals surface area contributed by atoms with Gasteiger partial charge in [0, 0.05) is 18.8 Å². The predicted octanol–water partition coefficient (Wildman–Crippen LogP) is 1.02. The molecule has 2 aliphatic rings. The number of carbonyl (C=O) groups is 1. The third kappa shape index (κ3) is 3.06. The van der Waals surface area contributed by atoms with E-state index in [-0.39, 0.29) is 11.7 Å². The van der Waals surface area contributed by atoms with Crippen molar-refractivity contribution in [3.8, 4) is 0 Å². The molecule has 1 atom stereocenters. The highest BCUT2D eigenvalue weighted by molar-refractivity contribution is 5.99. The van der Waals surface area contributed by atoms with E-state index in [0.29, 0.717) is 6.42 Å². The van der Waals surface area contributed by atoms with E-state index in [1.165, 1.54) is 0 Å². The molecule has 1 aliphatic carbocycles. The summed E-state index contributed by atoms with van der Waals surface area (Å²) in [6.45, 7) is 9.49. The van der Waals surface area contributed by atoms with Crippen molar-refractivity contribution in [2.75, 3.05) is 37.6 Å². The lowest BCUT2D eigenvalue weighted by Gasteiger charge is -2.32.